The van der Waals surface area contributed by atoms with E-state index in [4.69, 9.17) is 36.8 Å². The summed E-state index contributed by atoms with van der Waals surface area (Å²) in [7, 11) is -4.69. The molecule has 44 heavy (non-hydrogen) atoms. The summed E-state index contributed by atoms with van der Waals surface area (Å²) in [5.74, 6) is -0.815. The van der Waals surface area contributed by atoms with Gasteiger partial charge in [-0.3, -0.25) is 4.98 Å². The molecule has 8 nitrogen and oxygen atoms in total. The minimum absolute atomic E-state index is 0.135. The zero-order valence-corrected chi connectivity index (χ0v) is 26.3. The number of sulfone groups is 1. The molecular weight excluding hydrogens is 600 g/mol. The van der Waals surface area contributed by atoms with Gasteiger partial charge in [0.1, 0.15) is 11.4 Å². The first kappa shape index (κ1) is 23.2. The molecule has 1 amide bonds. The highest BCUT2D eigenvalue weighted by Crippen LogP contribution is 2.53. The van der Waals surface area contributed by atoms with Crippen LogP contribution in [0.2, 0.25) is 5.02 Å². The molecule has 3 aromatic rings. The van der Waals surface area contributed by atoms with Crippen LogP contribution < -0.4 is 10.1 Å². The zero-order valence-electron chi connectivity index (χ0n) is 32.8. The lowest BCUT2D eigenvalue weighted by Gasteiger charge is -2.22. The minimum atomic E-state index is -4.69. The van der Waals surface area contributed by atoms with Crippen molar-refractivity contribution < 1.29 is 38.4 Å². The second-order valence-electron chi connectivity index (χ2n) is 11.7. The third-order valence-electron chi connectivity index (χ3n) is 6.93. The van der Waals surface area contributed by atoms with Crippen LogP contribution in [0.25, 0.3) is 11.1 Å². The number of para-hydroxylation sites is 1. The molecule has 0 bridgehead atoms. The molecule has 0 saturated heterocycles. The van der Waals surface area contributed by atoms with Crippen LogP contribution in [-0.2, 0) is 31.5 Å². The van der Waals surface area contributed by atoms with Crippen LogP contribution in [0.15, 0.2) is 65.8 Å². The number of hydrogen-bond donors (Lipinski definition) is 1. The molecule has 0 radical (unpaired) electrons. The SMILES string of the molecule is [2H]C([2H])(CS(=O)(=O)c1ccc(Cl)c(COC2(c3cnccc3-c3ccccc3OC3CC3)CC2)c1)C([2H])([2H])C([2H])([2H])C([2H])([2H])NC(=O)OC(C)(C)C. The molecule has 10 heteroatoms. The molecule has 1 N–H and O–H groups in total. The second-order valence-corrected chi connectivity index (χ2v) is 14.1. The summed E-state index contributed by atoms with van der Waals surface area (Å²) in [6.45, 7) is 0.757. The molecule has 2 aromatic carbocycles. The zero-order chi connectivity index (χ0) is 38.5. The van der Waals surface area contributed by atoms with Crippen LogP contribution in [0, 0.1) is 0 Å². The third-order valence-corrected chi connectivity index (χ3v) is 8.80. The van der Waals surface area contributed by atoms with Gasteiger partial charge < -0.3 is 19.5 Å². The summed E-state index contributed by atoms with van der Waals surface area (Å²) >= 11 is 6.47. The van der Waals surface area contributed by atoms with Crippen LogP contribution in [0.1, 0.15) is 87.7 Å². The molecule has 0 spiro atoms. The number of amides is 1. The predicted molar refractivity (Wildman–Crippen MR) is 171 cm³/mol. The first-order chi connectivity index (χ1) is 23.9. The van der Waals surface area contributed by atoms with Gasteiger partial charge in [-0.2, -0.15) is 0 Å². The van der Waals surface area contributed by atoms with Crippen molar-refractivity contribution in [2.75, 3.05) is 12.2 Å². The van der Waals surface area contributed by atoms with Gasteiger partial charge in [0.25, 0.3) is 0 Å². The van der Waals surface area contributed by atoms with E-state index in [0.717, 1.165) is 41.3 Å². The summed E-state index contributed by atoms with van der Waals surface area (Å²) in [6, 6.07) is 13.2. The van der Waals surface area contributed by atoms with E-state index >= 15 is 0 Å². The van der Waals surface area contributed by atoms with Gasteiger partial charge in [0.15, 0.2) is 9.84 Å². The van der Waals surface area contributed by atoms with E-state index in [1.807, 2.05) is 30.3 Å². The molecule has 0 unspecified atom stereocenters. The van der Waals surface area contributed by atoms with Crippen molar-refractivity contribution in [2.24, 2.45) is 0 Å². The van der Waals surface area contributed by atoms with Crippen molar-refractivity contribution in [3.8, 4) is 16.9 Å². The van der Waals surface area contributed by atoms with Crippen molar-refractivity contribution in [1.82, 2.24) is 10.3 Å². The summed E-state index contributed by atoms with van der Waals surface area (Å²) in [4.78, 5) is 16.1. The standard InChI is InChI=1S/C34H41ClN2O6S/c1-33(2,3)43-32(38)37-18-7-4-8-20-44(39,40)26-13-14-30(35)24(21-26)23-41-34(16-17-34)29-22-36-19-15-27(29)28-9-5-6-10-31(28)42-25-11-12-25/h5-6,9-10,13-15,19,21-22,25H,4,7-8,11-12,16-18,20,23H2,1-3H3,(H,37,38)/i4D2,7D2,8D2,18D2. The molecule has 5 rings (SSSR count). The van der Waals surface area contributed by atoms with Crippen molar-refractivity contribution >= 4 is 27.5 Å². The normalized spacial score (nSPS) is 19.9. The maximum Gasteiger partial charge on any atom is 0.407 e. The van der Waals surface area contributed by atoms with Gasteiger partial charge in [-0.25, -0.2) is 13.2 Å². The number of benzene rings is 2. The molecule has 236 valence electrons. The lowest BCUT2D eigenvalue weighted by molar-refractivity contribution is 0.0173. The Bertz CT molecular complexity index is 1930. The lowest BCUT2D eigenvalue weighted by Crippen LogP contribution is -2.33. The number of hydrogen-bond acceptors (Lipinski definition) is 7. The van der Waals surface area contributed by atoms with Gasteiger partial charge in [0.2, 0.25) is 0 Å². The monoisotopic (exact) mass is 648 g/mol. The van der Waals surface area contributed by atoms with E-state index in [2.05, 4.69) is 4.98 Å². The Kier molecular flexibility index (Phi) is 7.11. The number of carbonyl (C=O) groups excluding carboxylic acids is 1. The maximum absolute atomic E-state index is 13.6. The van der Waals surface area contributed by atoms with Crippen molar-refractivity contribution in [2.45, 2.75) is 94.4 Å². The highest BCUT2D eigenvalue weighted by atomic mass is 35.5. The fourth-order valence-corrected chi connectivity index (χ4v) is 5.70. The number of alkyl carbamates (subject to hydrolysis) is 1. The van der Waals surface area contributed by atoms with Gasteiger partial charge in [-0.15, -0.1) is 0 Å². The molecule has 1 aromatic heterocycles. The molecule has 2 fully saturated rings. The van der Waals surface area contributed by atoms with E-state index in [1.165, 1.54) is 32.9 Å². The number of halogens is 1. The number of rotatable bonds is 14. The minimum Gasteiger partial charge on any atom is -0.490 e. The van der Waals surface area contributed by atoms with Crippen LogP contribution in [0.4, 0.5) is 4.79 Å². The van der Waals surface area contributed by atoms with E-state index in [1.54, 1.807) is 17.7 Å². The lowest BCUT2D eigenvalue weighted by atomic mass is 9.96. The van der Waals surface area contributed by atoms with E-state index in [-0.39, 0.29) is 23.3 Å². The summed E-state index contributed by atoms with van der Waals surface area (Å²) in [6.07, 6.45) is -5.61. The molecule has 0 atom stereocenters. The highest BCUT2D eigenvalue weighted by molar-refractivity contribution is 7.91. The largest absolute Gasteiger partial charge is 0.490 e. The first-order valence-electron chi connectivity index (χ1n) is 18.3. The molecule has 0 aliphatic heterocycles. The average molecular weight is 649 g/mol. The number of ether oxygens (including phenoxy) is 3. The Morgan fingerprint density at radius 2 is 1.86 bits per heavy atom. The van der Waals surface area contributed by atoms with Crippen LogP contribution in [-0.4, -0.2) is 43.4 Å². The Morgan fingerprint density at radius 3 is 2.59 bits per heavy atom. The van der Waals surface area contributed by atoms with E-state index in [9.17, 15) is 13.2 Å². The molecule has 1 heterocycles. The van der Waals surface area contributed by atoms with Gasteiger partial charge in [-0.1, -0.05) is 36.2 Å². The molecule has 2 aliphatic carbocycles. The second kappa shape index (κ2) is 13.5. The Labute approximate surface area is 276 Å². The molecular formula is C34H41ClN2O6S. The number of carbonyl (C=O) groups is 1. The fraction of sp³-hybridized carbons (Fsp3) is 0.471. The summed E-state index contributed by atoms with van der Waals surface area (Å²) < 4.78 is 111. The number of aromatic nitrogens is 1. The number of nitrogens with one attached hydrogen (secondary N) is 1. The average Bonchev–Trinajstić information content (AvgIpc) is 3.96. The topological polar surface area (TPSA) is 104 Å². The van der Waals surface area contributed by atoms with Gasteiger partial charge in [0.05, 0.1) is 29.0 Å². The first-order valence-corrected chi connectivity index (χ1v) is 16.3. The van der Waals surface area contributed by atoms with Gasteiger partial charge in [0, 0.05) is 46.0 Å². The third kappa shape index (κ3) is 8.52. The van der Waals surface area contributed by atoms with Crippen LogP contribution in [0.3, 0.4) is 0 Å². The fourth-order valence-electron chi connectivity index (χ4n) is 4.50. The molecule has 2 saturated carbocycles. The smallest absolute Gasteiger partial charge is 0.407 e. The van der Waals surface area contributed by atoms with Gasteiger partial charge in [-0.05, 0) is 101 Å². The summed E-state index contributed by atoms with van der Waals surface area (Å²) in [5, 5.41) is 1.78. The maximum atomic E-state index is 13.6. The van der Waals surface area contributed by atoms with Crippen molar-refractivity contribution in [3.63, 3.8) is 0 Å². The quantitative estimate of drug-likeness (QED) is 0.192. The highest BCUT2D eigenvalue weighted by Gasteiger charge is 2.48. The van der Waals surface area contributed by atoms with Crippen LogP contribution in [0.5, 0.6) is 5.75 Å². The van der Waals surface area contributed by atoms with Crippen molar-refractivity contribution in [3.05, 3.63) is 77.1 Å². The van der Waals surface area contributed by atoms with Crippen molar-refractivity contribution in [1.29, 1.82) is 0 Å². The van der Waals surface area contributed by atoms with E-state index < -0.39 is 63.4 Å². The Balaban J connectivity index is 1.35. The van der Waals surface area contributed by atoms with E-state index in [0.29, 0.717) is 12.8 Å². The Hall–Kier alpha value is -3.14. The van der Waals surface area contributed by atoms with Gasteiger partial charge >= 0.3 is 6.09 Å². The predicted octanol–water partition coefficient (Wildman–Crippen LogP) is 7.62. The Morgan fingerprint density at radius 1 is 1.09 bits per heavy atom. The van der Waals surface area contributed by atoms with Crippen LogP contribution >= 0.6 is 11.6 Å². The number of pyridine rings is 1. The number of nitrogens with zero attached hydrogens (tertiary/aromatic N) is 1. The molecule has 2 aliphatic rings. The summed E-state index contributed by atoms with van der Waals surface area (Å²) in [5.41, 5.74) is 1.00.